The first-order chi connectivity index (χ1) is 19.2. The lowest BCUT2D eigenvalue weighted by Gasteiger charge is -2.40. The number of aryl methyl sites for hydroxylation is 1. The molecule has 2 N–H and O–H groups in total. The van der Waals surface area contributed by atoms with Crippen LogP contribution in [0.2, 0.25) is 5.02 Å². The van der Waals surface area contributed by atoms with Crippen molar-refractivity contribution in [3.8, 4) is 6.07 Å². The number of nitro benzene ring substituents is 1. The number of hydrogen-bond acceptors (Lipinski definition) is 7. The highest BCUT2D eigenvalue weighted by Gasteiger charge is 2.41. The van der Waals surface area contributed by atoms with Gasteiger partial charge in [0.1, 0.15) is 5.82 Å². The van der Waals surface area contributed by atoms with Gasteiger partial charge in [0, 0.05) is 45.5 Å². The van der Waals surface area contributed by atoms with Gasteiger partial charge in [-0.05, 0) is 73.7 Å². The van der Waals surface area contributed by atoms with Crippen LogP contribution in [0.15, 0.2) is 88.2 Å². The molecule has 5 rings (SSSR count). The lowest BCUT2D eigenvalue weighted by atomic mass is 9.73. The van der Waals surface area contributed by atoms with Crippen LogP contribution in [0, 0.1) is 35.3 Å². The van der Waals surface area contributed by atoms with Crippen molar-refractivity contribution in [2.75, 3.05) is 4.90 Å². The molecule has 1 atom stereocenters. The van der Waals surface area contributed by atoms with Crippen LogP contribution < -0.4 is 10.6 Å². The monoisotopic (exact) mass is 570 g/mol. The Morgan fingerprint density at radius 2 is 1.90 bits per heavy atom. The molecule has 0 spiro atoms. The molecule has 0 fully saturated rings. The largest absolute Gasteiger partial charge is 0.384 e. The Bertz CT molecular complexity index is 1640. The molecule has 202 valence electrons. The maximum Gasteiger partial charge on any atom is 0.271 e. The van der Waals surface area contributed by atoms with Crippen LogP contribution in [0.4, 0.5) is 11.4 Å². The summed E-state index contributed by atoms with van der Waals surface area (Å²) in [6, 6.07) is 20.3. The molecule has 1 aliphatic carbocycles. The van der Waals surface area contributed by atoms with Crippen LogP contribution >= 0.6 is 23.4 Å². The molecule has 0 bridgehead atoms. The molecule has 2 aliphatic rings. The number of nitrogens with zero attached hydrogens (tertiary/aromatic N) is 3. The smallest absolute Gasteiger partial charge is 0.271 e. The third-order valence-electron chi connectivity index (χ3n) is 7.43. The van der Waals surface area contributed by atoms with Gasteiger partial charge in [-0.1, -0.05) is 35.4 Å². The van der Waals surface area contributed by atoms with Crippen LogP contribution in [0.1, 0.15) is 47.4 Å². The second-order valence-electron chi connectivity index (χ2n) is 9.97. The first-order valence-corrected chi connectivity index (χ1v) is 14.2. The molecule has 0 aromatic heterocycles. The normalized spacial score (nSPS) is 17.1. The van der Waals surface area contributed by atoms with E-state index < -0.39 is 10.8 Å². The number of Topliss-reactive ketones (excluding diaryl/α,β-unsaturated/α-hetero) is 1. The van der Waals surface area contributed by atoms with Gasteiger partial charge in [-0.25, -0.2) is 0 Å². The lowest BCUT2D eigenvalue weighted by Crippen LogP contribution is -2.39. The van der Waals surface area contributed by atoms with Gasteiger partial charge >= 0.3 is 0 Å². The van der Waals surface area contributed by atoms with E-state index >= 15 is 0 Å². The number of nitriles is 1. The molecule has 3 aromatic rings. The number of carbonyl (C=O) groups excluding carboxylic acids is 1. The number of nitro groups is 1. The zero-order chi connectivity index (χ0) is 28.6. The summed E-state index contributed by atoms with van der Waals surface area (Å²) in [6.45, 7) is 4.03. The number of carbonyl (C=O) groups is 1. The van der Waals surface area contributed by atoms with Crippen LogP contribution in [-0.2, 0) is 10.5 Å². The van der Waals surface area contributed by atoms with Crippen molar-refractivity contribution in [3.63, 3.8) is 0 Å². The van der Waals surface area contributed by atoms with E-state index in [1.54, 1.807) is 28.8 Å². The van der Waals surface area contributed by atoms with Crippen LogP contribution in [-0.4, -0.2) is 10.7 Å². The van der Waals surface area contributed by atoms with Crippen molar-refractivity contribution in [1.82, 2.24) is 0 Å². The molecule has 7 nitrogen and oxygen atoms in total. The molecule has 1 unspecified atom stereocenters. The number of hydrogen-bond donors (Lipinski definition) is 1. The number of halogens is 1. The SMILES string of the molecule is Cc1cc(CSc2ccc(Cl)cc2)c(C)c(C2C(C#N)=C(N)N(c3cccc([N+](=O)[O-])c3)C3=C2C(=O)CCC3)c1. The summed E-state index contributed by atoms with van der Waals surface area (Å²) in [4.78, 5) is 27.3. The molecular weight excluding hydrogens is 544 g/mol. The Morgan fingerprint density at radius 1 is 1.15 bits per heavy atom. The maximum absolute atomic E-state index is 13.6. The number of rotatable bonds is 6. The van der Waals surface area contributed by atoms with Gasteiger partial charge < -0.3 is 5.73 Å². The fourth-order valence-electron chi connectivity index (χ4n) is 5.54. The van der Waals surface area contributed by atoms with Gasteiger partial charge in [-0.15, -0.1) is 11.8 Å². The summed E-state index contributed by atoms with van der Waals surface area (Å²) in [5, 5.41) is 22.6. The van der Waals surface area contributed by atoms with E-state index in [1.807, 2.05) is 44.2 Å². The number of non-ortho nitro benzene ring substituents is 1. The Hall–Kier alpha value is -4.06. The van der Waals surface area contributed by atoms with E-state index in [0.717, 1.165) is 27.1 Å². The van der Waals surface area contributed by atoms with Crippen molar-refractivity contribution in [2.45, 2.75) is 49.7 Å². The molecule has 0 saturated heterocycles. The van der Waals surface area contributed by atoms with Crippen LogP contribution in [0.25, 0.3) is 0 Å². The Labute approximate surface area is 242 Å². The van der Waals surface area contributed by atoms with E-state index in [0.29, 0.717) is 47.0 Å². The third-order valence-corrected chi connectivity index (χ3v) is 8.74. The minimum atomic E-state index is -0.609. The fourth-order valence-corrected chi connectivity index (χ4v) is 6.62. The number of allylic oxidation sites excluding steroid dienone is 3. The fraction of sp³-hybridized carbons (Fsp3) is 0.226. The molecule has 1 heterocycles. The van der Waals surface area contributed by atoms with Gasteiger partial charge in [-0.3, -0.25) is 19.8 Å². The Kier molecular flexibility index (Phi) is 7.70. The molecule has 9 heteroatoms. The van der Waals surface area contributed by atoms with Crippen molar-refractivity contribution >= 4 is 40.5 Å². The van der Waals surface area contributed by atoms with Gasteiger partial charge in [0.05, 0.1) is 28.2 Å². The zero-order valence-electron chi connectivity index (χ0n) is 22.1. The Balaban J connectivity index is 1.63. The van der Waals surface area contributed by atoms with E-state index in [2.05, 4.69) is 12.1 Å². The summed E-state index contributed by atoms with van der Waals surface area (Å²) >= 11 is 7.73. The number of nitrogens with two attached hydrogens (primary N) is 1. The first-order valence-electron chi connectivity index (χ1n) is 12.9. The zero-order valence-corrected chi connectivity index (χ0v) is 23.7. The molecule has 40 heavy (non-hydrogen) atoms. The minimum Gasteiger partial charge on any atom is -0.384 e. The lowest BCUT2D eigenvalue weighted by molar-refractivity contribution is -0.384. The second kappa shape index (κ2) is 11.2. The molecule has 3 aromatic carbocycles. The van der Waals surface area contributed by atoms with Crippen molar-refractivity contribution in [1.29, 1.82) is 5.26 Å². The molecule has 1 aliphatic heterocycles. The highest BCUT2D eigenvalue weighted by molar-refractivity contribution is 7.98. The topological polar surface area (TPSA) is 113 Å². The van der Waals surface area contributed by atoms with Crippen molar-refractivity contribution in [2.24, 2.45) is 5.73 Å². The number of anilines is 1. The summed E-state index contributed by atoms with van der Waals surface area (Å²) in [6.07, 6.45) is 1.59. The Morgan fingerprint density at radius 3 is 2.60 bits per heavy atom. The van der Waals surface area contributed by atoms with Gasteiger partial charge in [0.25, 0.3) is 5.69 Å². The summed E-state index contributed by atoms with van der Waals surface area (Å²) < 4.78 is 0. The summed E-state index contributed by atoms with van der Waals surface area (Å²) in [5.74, 6) is 0.261. The first kappa shape index (κ1) is 27.5. The summed E-state index contributed by atoms with van der Waals surface area (Å²) in [5.41, 5.74) is 12.6. The second-order valence-corrected chi connectivity index (χ2v) is 11.5. The number of ketones is 1. The van der Waals surface area contributed by atoms with E-state index in [9.17, 15) is 20.2 Å². The predicted molar refractivity (Wildman–Crippen MR) is 158 cm³/mol. The van der Waals surface area contributed by atoms with Crippen LogP contribution in [0.5, 0.6) is 0 Å². The molecule has 0 saturated carbocycles. The number of benzene rings is 3. The highest BCUT2D eigenvalue weighted by atomic mass is 35.5. The van der Waals surface area contributed by atoms with E-state index in [4.69, 9.17) is 17.3 Å². The van der Waals surface area contributed by atoms with E-state index in [-0.39, 0.29) is 22.9 Å². The average molecular weight is 571 g/mol. The quantitative estimate of drug-likeness (QED) is 0.186. The third kappa shape index (κ3) is 5.10. The predicted octanol–water partition coefficient (Wildman–Crippen LogP) is 7.46. The van der Waals surface area contributed by atoms with Gasteiger partial charge in [-0.2, -0.15) is 5.26 Å². The molecule has 0 radical (unpaired) electrons. The van der Waals surface area contributed by atoms with Crippen molar-refractivity contribution in [3.05, 3.63) is 121 Å². The summed E-state index contributed by atoms with van der Waals surface area (Å²) in [7, 11) is 0. The standard InChI is InChI=1S/C31H27ClN4O3S/c1-18-13-20(17-40-24-11-9-21(32)10-12-24)19(2)25(14-18)29-26(16-33)31(34)35(27-7-4-8-28(37)30(27)29)22-5-3-6-23(15-22)36(38)39/h3,5-6,9-15,29H,4,7-8,17,34H2,1-2H3. The highest BCUT2D eigenvalue weighted by Crippen LogP contribution is 2.48. The minimum absolute atomic E-state index is 0.0278. The average Bonchev–Trinajstić information content (AvgIpc) is 2.93. The van der Waals surface area contributed by atoms with Gasteiger partial charge in [0.2, 0.25) is 0 Å². The molecular formula is C31H27ClN4O3S. The maximum atomic E-state index is 13.6. The number of thioether (sulfide) groups is 1. The van der Waals surface area contributed by atoms with Crippen molar-refractivity contribution < 1.29 is 9.72 Å². The molecule has 0 amide bonds. The van der Waals surface area contributed by atoms with Gasteiger partial charge in [0.15, 0.2) is 5.78 Å². The van der Waals surface area contributed by atoms with Crippen LogP contribution in [0.3, 0.4) is 0 Å². The van der Waals surface area contributed by atoms with E-state index in [1.165, 1.54) is 12.1 Å².